The molecule has 1 aromatic heterocycles. The summed E-state index contributed by atoms with van der Waals surface area (Å²) in [4.78, 5) is 4.70. The maximum Gasteiger partial charge on any atom is 0.125 e. The Bertz CT molecular complexity index is 332. The second-order valence-corrected chi connectivity index (χ2v) is 5.29. The zero-order chi connectivity index (χ0) is 11.4. The number of ether oxygens (including phenoxy) is 1. The van der Waals surface area contributed by atoms with E-state index in [1.807, 2.05) is 14.2 Å². The monoisotopic (exact) mass is 240 g/mol. The highest BCUT2D eigenvalue weighted by atomic mass is 32.1. The highest BCUT2D eigenvalue weighted by Crippen LogP contribution is 2.41. The molecule has 1 aliphatic rings. The Morgan fingerprint density at radius 1 is 1.44 bits per heavy atom. The zero-order valence-electron chi connectivity index (χ0n) is 10.1. The van der Waals surface area contributed by atoms with Gasteiger partial charge in [0.2, 0.25) is 0 Å². The number of aromatic nitrogens is 1. The summed E-state index contributed by atoms with van der Waals surface area (Å²) in [5, 5.41) is 6.44. The first-order valence-corrected chi connectivity index (χ1v) is 6.83. The molecule has 0 aliphatic heterocycles. The van der Waals surface area contributed by atoms with Crippen LogP contribution in [0, 0.1) is 0 Å². The average molecular weight is 240 g/mol. The first-order valence-electron chi connectivity index (χ1n) is 5.95. The minimum Gasteiger partial charge on any atom is -0.371 e. The Morgan fingerprint density at radius 2 is 2.19 bits per heavy atom. The van der Waals surface area contributed by atoms with Gasteiger partial charge in [-0.1, -0.05) is 19.3 Å². The molecule has 16 heavy (non-hydrogen) atoms. The molecular weight excluding hydrogens is 220 g/mol. The Kier molecular flexibility index (Phi) is 3.95. The summed E-state index contributed by atoms with van der Waals surface area (Å²) in [6, 6.07) is 0. The minimum atomic E-state index is -0.0884. The lowest BCUT2D eigenvalue weighted by atomic mass is 9.85. The Morgan fingerprint density at radius 3 is 2.81 bits per heavy atom. The Hall–Kier alpha value is -0.450. The van der Waals surface area contributed by atoms with Crippen LogP contribution in [-0.4, -0.2) is 19.1 Å². The van der Waals surface area contributed by atoms with Crippen molar-refractivity contribution in [3.05, 3.63) is 16.1 Å². The van der Waals surface area contributed by atoms with Crippen LogP contribution < -0.4 is 5.32 Å². The van der Waals surface area contributed by atoms with E-state index in [1.54, 1.807) is 11.3 Å². The summed E-state index contributed by atoms with van der Waals surface area (Å²) in [6.07, 6.45) is 6.09. The standard InChI is InChI=1S/C12H20N2OS/c1-13-8-10-9-16-11(14-10)12(15-2)6-4-3-5-7-12/h9,13H,3-8H2,1-2H3. The maximum absolute atomic E-state index is 5.78. The molecule has 3 nitrogen and oxygen atoms in total. The molecule has 0 spiro atoms. The smallest absolute Gasteiger partial charge is 0.125 e. The molecular formula is C12H20N2OS. The number of hydrogen-bond donors (Lipinski definition) is 1. The fourth-order valence-electron chi connectivity index (χ4n) is 2.41. The third kappa shape index (κ3) is 2.29. The normalized spacial score (nSPS) is 19.9. The van der Waals surface area contributed by atoms with E-state index >= 15 is 0 Å². The maximum atomic E-state index is 5.78. The fourth-order valence-corrected chi connectivity index (χ4v) is 3.46. The van der Waals surface area contributed by atoms with Crippen LogP contribution in [0.3, 0.4) is 0 Å². The van der Waals surface area contributed by atoms with Gasteiger partial charge < -0.3 is 10.1 Å². The number of nitrogens with one attached hydrogen (secondary N) is 1. The molecule has 0 atom stereocenters. The van der Waals surface area contributed by atoms with Crippen molar-refractivity contribution >= 4 is 11.3 Å². The van der Waals surface area contributed by atoms with E-state index in [0.29, 0.717) is 0 Å². The van der Waals surface area contributed by atoms with Crippen LogP contribution in [0.15, 0.2) is 5.38 Å². The van der Waals surface area contributed by atoms with Crippen molar-refractivity contribution in [2.45, 2.75) is 44.2 Å². The third-order valence-corrected chi connectivity index (χ3v) is 4.43. The van der Waals surface area contributed by atoms with E-state index in [0.717, 1.165) is 25.1 Å². The Labute approximate surface area is 101 Å². The van der Waals surface area contributed by atoms with Gasteiger partial charge in [0.25, 0.3) is 0 Å². The number of nitrogens with zero attached hydrogens (tertiary/aromatic N) is 1. The third-order valence-electron chi connectivity index (χ3n) is 3.35. The molecule has 0 radical (unpaired) electrons. The second-order valence-electron chi connectivity index (χ2n) is 4.43. The van der Waals surface area contributed by atoms with Gasteiger partial charge >= 0.3 is 0 Å². The predicted octanol–water partition coefficient (Wildman–Crippen LogP) is 2.67. The molecule has 2 rings (SSSR count). The summed E-state index contributed by atoms with van der Waals surface area (Å²) in [5.74, 6) is 0. The lowest BCUT2D eigenvalue weighted by Crippen LogP contribution is -2.31. The molecule has 1 N–H and O–H groups in total. The molecule has 1 heterocycles. The second kappa shape index (κ2) is 5.25. The summed E-state index contributed by atoms with van der Waals surface area (Å²) in [7, 11) is 3.77. The lowest BCUT2D eigenvalue weighted by Gasteiger charge is -2.34. The molecule has 1 aliphatic carbocycles. The van der Waals surface area contributed by atoms with Crippen molar-refractivity contribution in [2.75, 3.05) is 14.2 Å². The van der Waals surface area contributed by atoms with Gasteiger partial charge in [0.1, 0.15) is 10.6 Å². The zero-order valence-corrected chi connectivity index (χ0v) is 10.9. The van der Waals surface area contributed by atoms with Crippen molar-refractivity contribution in [3.63, 3.8) is 0 Å². The highest BCUT2D eigenvalue weighted by Gasteiger charge is 2.36. The molecule has 0 saturated heterocycles. The molecule has 0 unspecified atom stereocenters. The van der Waals surface area contributed by atoms with Crippen molar-refractivity contribution in [2.24, 2.45) is 0 Å². The van der Waals surface area contributed by atoms with Gasteiger partial charge in [-0.05, 0) is 19.9 Å². The van der Waals surface area contributed by atoms with Crippen molar-refractivity contribution in [3.8, 4) is 0 Å². The largest absolute Gasteiger partial charge is 0.371 e. The SMILES string of the molecule is CNCc1csc(C2(OC)CCCCC2)n1. The lowest BCUT2D eigenvalue weighted by molar-refractivity contribution is -0.0447. The number of hydrogen-bond acceptors (Lipinski definition) is 4. The number of methoxy groups -OCH3 is 1. The van der Waals surface area contributed by atoms with Crippen LogP contribution in [0.25, 0.3) is 0 Å². The first-order chi connectivity index (χ1) is 7.80. The van der Waals surface area contributed by atoms with Gasteiger partial charge in [0.05, 0.1) is 5.69 Å². The van der Waals surface area contributed by atoms with Crippen molar-refractivity contribution in [1.82, 2.24) is 10.3 Å². The average Bonchev–Trinajstić information content (AvgIpc) is 2.80. The van der Waals surface area contributed by atoms with Crippen LogP contribution in [0.5, 0.6) is 0 Å². The minimum absolute atomic E-state index is 0.0884. The highest BCUT2D eigenvalue weighted by molar-refractivity contribution is 7.09. The number of rotatable bonds is 4. The van der Waals surface area contributed by atoms with Gasteiger partial charge in [-0.3, -0.25) is 0 Å². The van der Waals surface area contributed by atoms with Gasteiger partial charge in [-0.15, -0.1) is 11.3 Å². The summed E-state index contributed by atoms with van der Waals surface area (Å²) in [6.45, 7) is 0.844. The quantitative estimate of drug-likeness (QED) is 0.878. The molecule has 4 heteroatoms. The van der Waals surface area contributed by atoms with Crippen LogP contribution in [0.4, 0.5) is 0 Å². The van der Waals surface area contributed by atoms with Crippen LogP contribution in [0.2, 0.25) is 0 Å². The van der Waals surface area contributed by atoms with Crippen LogP contribution >= 0.6 is 11.3 Å². The summed E-state index contributed by atoms with van der Waals surface area (Å²) in [5.41, 5.74) is 1.04. The van der Waals surface area contributed by atoms with Gasteiger partial charge in [-0.25, -0.2) is 4.98 Å². The molecule has 1 aromatic rings. The Balaban J connectivity index is 2.18. The van der Waals surface area contributed by atoms with Crippen LogP contribution in [0.1, 0.15) is 42.8 Å². The fraction of sp³-hybridized carbons (Fsp3) is 0.750. The van der Waals surface area contributed by atoms with E-state index in [9.17, 15) is 0 Å². The molecule has 90 valence electrons. The van der Waals surface area contributed by atoms with Crippen molar-refractivity contribution in [1.29, 1.82) is 0 Å². The molecule has 1 fully saturated rings. The predicted molar refractivity (Wildman–Crippen MR) is 66.6 cm³/mol. The summed E-state index contributed by atoms with van der Waals surface area (Å²) >= 11 is 1.74. The van der Waals surface area contributed by atoms with Crippen molar-refractivity contribution < 1.29 is 4.74 Å². The van der Waals surface area contributed by atoms with E-state index in [2.05, 4.69) is 10.7 Å². The molecule has 0 aromatic carbocycles. The summed E-state index contributed by atoms with van der Waals surface area (Å²) < 4.78 is 5.78. The van der Waals surface area contributed by atoms with E-state index in [1.165, 1.54) is 24.3 Å². The van der Waals surface area contributed by atoms with Gasteiger partial charge in [0, 0.05) is 19.0 Å². The molecule has 0 amide bonds. The van der Waals surface area contributed by atoms with E-state index in [4.69, 9.17) is 9.72 Å². The van der Waals surface area contributed by atoms with Gasteiger partial charge in [-0.2, -0.15) is 0 Å². The number of thiazole rings is 1. The molecule has 1 saturated carbocycles. The first kappa shape index (κ1) is 12.0. The van der Waals surface area contributed by atoms with Crippen LogP contribution in [-0.2, 0) is 16.9 Å². The van der Waals surface area contributed by atoms with Gasteiger partial charge in [0.15, 0.2) is 0 Å². The molecule has 0 bridgehead atoms. The van der Waals surface area contributed by atoms with E-state index in [-0.39, 0.29) is 5.60 Å². The topological polar surface area (TPSA) is 34.1 Å². The van der Waals surface area contributed by atoms with E-state index < -0.39 is 0 Å².